The second-order valence-corrected chi connectivity index (χ2v) is 5.42. The minimum absolute atomic E-state index is 0.674. The molecule has 2 heteroatoms. The molecule has 0 spiro atoms. The maximum absolute atomic E-state index is 5.85. The Labute approximate surface area is 105 Å². The monoisotopic (exact) mass is 232 g/mol. The van der Waals surface area contributed by atoms with Gasteiger partial charge >= 0.3 is 0 Å². The fourth-order valence-electron chi connectivity index (χ4n) is 2.70. The summed E-state index contributed by atoms with van der Waals surface area (Å²) in [6.07, 6.45) is 1.29. The van der Waals surface area contributed by atoms with Crippen molar-refractivity contribution in [1.82, 2.24) is 4.90 Å². The Morgan fingerprint density at radius 3 is 2.82 bits per heavy atom. The van der Waals surface area contributed by atoms with E-state index >= 15 is 0 Å². The quantitative estimate of drug-likeness (QED) is 0.867. The highest BCUT2D eigenvalue weighted by Gasteiger charge is 2.24. The Morgan fingerprint density at radius 1 is 1.35 bits per heavy atom. The summed E-state index contributed by atoms with van der Waals surface area (Å²) < 4.78 is 0. The molecule has 0 radical (unpaired) electrons. The van der Waals surface area contributed by atoms with Crippen LogP contribution < -0.4 is 5.73 Å². The number of nitrogens with two attached hydrogens (primary N) is 1. The first-order valence-corrected chi connectivity index (χ1v) is 6.67. The lowest BCUT2D eigenvalue weighted by atomic mass is 9.87. The van der Waals surface area contributed by atoms with Crippen LogP contribution in [0.5, 0.6) is 0 Å². The van der Waals surface area contributed by atoms with Gasteiger partial charge in [-0.3, -0.25) is 4.90 Å². The number of hydrogen-bond donors (Lipinski definition) is 1. The van der Waals surface area contributed by atoms with Crippen LogP contribution in [0, 0.1) is 18.8 Å². The zero-order chi connectivity index (χ0) is 12.3. The highest BCUT2D eigenvalue weighted by molar-refractivity contribution is 5.25. The molecule has 0 aliphatic carbocycles. The van der Waals surface area contributed by atoms with Crippen LogP contribution in [0.15, 0.2) is 24.3 Å². The molecule has 17 heavy (non-hydrogen) atoms. The van der Waals surface area contributed by atoms with Crippen LogP contribution in [0.3, 0.4) is 0 Å². The molecule has 2 nitrogen and oxygen atoms in total. The Kier molecular flexibility index (Phi) is 4.19. The molecule has 0 amide bonds. The van der Waals surface area contributed by atoms with E-state index in [-0.39, 0.29) is 0 Å². The maximum Gasteiger partial charge on any atom is 0.0236 e. The molecule has 0 aromatic heterocycles. The van der Waals surface area contributed by atoms with Crippen molar-refractivity contribution in [3.8, 4) is 0 Å². The first kappa shape index (κ1) is 12.6. The Bertz CT molecular complexity index is 362. The van der Waals surface area contributed by atoms with Gasteiger partial charge in [0.05, 0.1) is 0 Å². The fraction of sp³-hybridized carbons (Fsp3) is 0.600. The van der Waals surface area contributed by atoms with Gasteiger partial charge in [-0.15, -0.1) is 0 Å². The second-order valence-electron chi connectivity index (χ2n) is 5.42. The van der Waals surface area contributed by atoms with E-state index < -0.39 is 0 Å². The molecule has 2 N–H and O–H groups in total. The number of aryl methyl sites for hydroxylation is 1. The van der Waals surface area contributed by atoms with Crippen LogP contribution in [-0.4, -0.2) is 24.5 Å². The van der Waals surface area contributed by atoms with Crippen molar-refractivity contribution >= 4 is 0 Å². The van der Waals surface area contributed by atoms with Crippen molar-refractivity contribution in [1.29, 1.82) is 0 Å². The molecule has 2 rings (SSSR count). The molecule has 1 aromatic rings. The standard InChI is InChI=1S/C15H24N2/c1-12-5-3-4-6-14(12)10-17-8-7-13(2)15(9-16)11-17/h3-6,13,15H,7-11,16H2,1-2H3. The van der Waals surface area contributed by atoms with Gasteiger partial charge in [0.25, 0.3) is 0 Å². The van der Waals surface area contributed by atoms with Gasteiger partial charge in [-0.05, 0) is 49.4 Å². The van der Waals surface area contributed by atoms with E-state index in [1.165, 1.54) is 24.1 Å². The molecule has 1 fully saturated rings. The molecule has 1 aliphatic rings. The molecule has 2 atom stereocenters. The lowest BCUT2D eigenvalue weighted by Gasteiger charge is -2.36. The van der Waals surface area contributed by atoms with Crippen molar-refractivity contribution in [2.24, 2.45) is 17.6 Å². The lowest BCUT2D eigenvalue weighted by molar-refractivity contribution is 0.126. The van der Waals surface area contributed by atoms with Gasteiger partial charge in [0, 0.05) is 13.1 Å². The number of benzene rings is 1. The zero-order valence-corrected chi connectivity index (χ0v) is 11.0. The van der Waals surface area contributed by atoms with Gasteiger partial charge < -0.3 is 5.73 Å². The summed E-state index contributed by atoms with van der Waals surface area (Å²) in [4.78, 5) is 2.56. The fourth-order valence-corrected chi connectivity index (χ4v) is 2.70. The third-order valence-corrected chi connectivity index (χ3v) is 4.16. The summed E-state index contributed by atoms with van der Waals surface area (Å²) in [6.45, 7) is 8.81. The van der Waals surface area contributed by atoms with Crippen LogP contribution in [0.25, 0.3) is 0 Å². The van der Waals surface area contributed by atoms with Crippen LogP contribution in [-0.2, 0) is 6.54 Å². The van der Waals surface area contributed by atoms with E-state index in [9.17, 15) is 0 Å². The third kappa shape index (κ3) is 3.08. The van der Waals surface area contributed by atoms with Crippen LogP contribution in [0.2, 0.25) is 0 Å². The van der Waals surface area contributed by atoms with Gasteiger partial charge in [-0.2, -0.15) is 0 Å². The van der Waals surface area contributed by atoms with Gasteiger partial charge in [0.15, 0.2) is 0 Å². The predicted molar refractivity (Wildman–Crippen MR) is 72.8 cm³/mol. The zero-order valence-electron chi connectivity index (χ0n) is 11.0. The van der Waals surface area contributed by atoms with Gasteiger partial charge in [-0.1, -0.05) is 31.2 Å². The SMILES string of the molecule is Cc1ccccc1CN1CCC(C)C(CN)C1. The third-order valence-electron chi connectivity index (χ3n) is 4.16. The molecule has 94 valence electrons. The molecular weight excluding hydrogens is 208 g/mol. The largest absolute Gasteiger partial charge is 0.330 e. The Morgan fingerprint density at radius 2 is 2.12 bits per heavy atom. The molecule has 1 aliphatic heterocycles. The maximum atomic E-state index is 5.85. The second kappa shape index (κ2) is 5.65. The topological polar surface area (TPSA) is 29.3 Å². The van der Waals surface area contributed by atoms with E-state index in [2.05, 4.69) is 43.0 Å². The van der Waals surface area contributed by atoms with E-state index in [1.54, 1.807) is 0 Å². The summed E-state index contributed by atoms with van der Waals surface area (Å²) in [7, 11) is 0. The van der Waals surface area contributed by atoms with Crippen molar-refractivity contribution < 1.29 is 0 Å². The van der Waals surface area contributed by atoms with Crippen LogP contribution >= 0.6 is 0 Å². The average Bonchev–Trinajstić information content (AvgIpc) is 2.34. The first-order chi connectivity index (χ1) is 8.20. The van der Waals surface area contributed by atoms with Crippen molar-refractivity contribution in [2.75, 3.05) is 19.6 Å². The van der Waals surface area contributed by atoms with E-state index in [0.717, 1.165) is 25.6 Å². The van der Waals surface area contributed by atoms with Crippen molar-refractivity contribution in [3.05, 3.63) is 35.4 Å². The normalized spacial score (nSPS) is 26.1. The lowest BCUT2D eigenvalue weighted by Crippen LogP contribution is -2.42. The molecule has 1 heterocycles. The van der Waals surface area contributed by atoms with Crippen LogP contribution in [0.4, 0.5) is 0 Å². The molecule has 1 aromatic carbocycles. The molecular formula is C15H24N2. The molecule has 1 saturated heterocycles. The van der Waals surface area contributed by atoms with Gasteiger partial charge in [0.1, 0.15) is 0 Å². The number of nitrogens with zero attached hydrogens (tertiary/aromatic N) is 1. The average molecular weight is 232 g/mol. The summed E-state index contributed by atoms with van der Waals surface area (Å²) in [5.74, 6) is 1.46. The van der Waals surface area contributed by atoms with E-state index in [4.69, 9.17) is 5.73 Å². The van der Waals surface area contributed by atoms with Crippen LogP contribution in [0.1, 0.15) is 24.5 Å². The Hall–Kier alpha value is -0.860. The smallest absolute Gasteiger partial charge is 0.0236 e. The minimum atomic E-state index is 0.674. The summed E-state index contributed by atoms with van der Waals surface area (Å²) in [6, 6.07) is 8.68. The summed E-state index contributed by atoms with van der Waals surface area (Å²) >= 11 is 0. The summed E-state index contributed by atoms with van der Waals surface area (Å²) in [5.41, 5.74) is 8.71. The van der Waals surface area contributed by atoms with E-state index in [0.29, 0.717) is 5.92 Å². The minimum Gasteiger partial charge on any atom is -0.330 e. The molecule has 2 unspecified atom stereocenters. The van der Waals surface area contributed by atoms with E-state index in [1.807, 2.05) is 0 Å². The number of hydrogen-bond acceptors (Lipinski definition) is 2. The van der Waals surface area contributed by atoms with Crippen molar-refractivity contribution in [2.45, 2.75) is 26.8 Å². The molecule has 0 bridgehead atoms. The highest BCUT2D eigenvalue weighted by Crippen LogP contribution is 2.24. The number of rotatable bonds is 3. The van der Waals surface area contributed by atoms with Gasteiger partial charge in [-0.25, -0.2) is 0 Å². The highest BCUT2D eigenvalue weighted by atomic mass is 15.1. The number of likely N-dealkylation sites (tertiary alicyclic amines) is 1. The molecule has 0 saturated carbocycles. The predicted octanol–water partition coefficient (Wildman–Crippen LogP) is 2.41. The summed E-state index contributed by atoms with van der Waals surface area (Å²) in [5, 5.41) is 0. The van der Waals surface area contributed by atoms with Gasteiger partial charge in [0.2, 0.25) is 0 Å². The first-order valence-electron chi connectivity index (χ1n) is 6.67. The Balaban J connectivity index is 1.98. The number of piperidine rings is 1. The van der Waals surface area contributed by atoms with Crippen molar-refractivity contribution in [3.63, 3.8) is 0 Å².